The minimum absolute atomic E-state index is 0.178. The van der Waals surface area contributed by atoms with E-state index in [1.165, 1.54) is 5.56 Å². The molecule has 0 saturated heterocycles. The summed E-state index contributed by atoms with van der Waals surface area (Å²) in [5.74, 6) is -0.178. The van der Waals surface area contributed by atoms with Crippen molar-refractivity contribution in [3.63, 3.8) is 0 Å². The predicted octanol–water partition coefficient (Wildman–Crippen LogP) is 2.52. The molecule has 0 bridgehead atoms. The van der Waals surface area contributed by atoms with Gasteiger partial charge in [0.2, 0.25) is 0 Å². The maximum absolute atomic E-state index is 11.9. The van der Waals surface area contributed by atoms with Crippen molar-refractivity contribution in [3.8, 4) is 0 Å². The fourth-order valence-electron chi connectivity index (χ4n) is 2.81. The first kappa shape index (κ1) is 11.5. The number of aryl methyl sites for hydroxylation is 1. The van der Waals surface area contributed by atoms with Crippen LogP contribution < -0.4 is 0 Å². The summed E-state index contributed by atoms with van der Waals surface area (Å²) < 4.78 is 5.67. The average Bonchev–Trinajstić information content (AvgIpc) is 2.37. The van der Waals surface area contributed by atoms with E-state index in [-0.39, 0.29) is 12.0 Å². The molecule has 18 heavy (non-hydrogen) atoms. The van der Waals surface area contributed by atoms with Crippen LogP contribution in [0, 0.1) is 0 Å². The molecule has 0 fully saturated rings. The summed E-state index contributed by atoms with van der Waals surface area (Å²) >= 11 is 0. The molecule has 1 aromatic rings. The minimum atomic E-state index is -0.531. The smallest absolute Gasteiger partial charge is 0.331 e. The number of aliphatic imine (C=N–C) groups is 1. The van der Waals surface area contributed by atoms with Crippen LogP contribution in [0.3, 0.4) is 0 Å². The number of carbonyl (C=O) groups excluding carboxylic acids is 1. The molecule has 0 spiro atoms. The maximum Gasteiger partial charge on any atom is 0.331 e. The van der Waals surface area contributed by atoms with E-state index >= 15 is 0 Å². The molecule has 0 radical (unpaired) electrons. The summed E-state index contributed by atoms with van der Waals surface area (Å²) in [4.78, 5) is 16.5. The van der Waals surface area contributed by atoms with Gasteiger partial charge in [0.05, 0.1) is 5.71 Å². The summed E-state index contributed by atoms with van der Waals surface area (Å²) in [5.41, 5.74) is 2.88. The Hall–Kier alpha value is -1.64. The molecule has 3 rings (SSSR count). The van der Waals surface area contributed by atoms with Gasteiger partial charge in [-0.2, -0.15) is 0 Å². The highest BCUT2D eigenvalue weighted by molar-refractivity contribution is 6.11. The van der Waals surface area contributed by atoms with Crippen LogP contribution >= 0.6 is 0 Å². The molecule has 1 heterocycles. The standard InChI is InChI=1S/C15H17NO2/c1-3-12-14(17)18-15(2)9-8-10-6-4-5-7-11(10)13(15)16-12/h4-7,12H,3,8-9H2,1-2H3/t12-,15+/m0/s1. The second-order valence-corrected chi connectivity index (χ2v) is 5.21. The van der Waals surface area contributed by atoms with Crippen molar-refractivity contribution < 1.29 is 9.53 Å². The predicted molar refractivity (Wildman–Crippen MR) is 69.9 cm³/mol. The molecule has 2 aliphatic rings. The third-order valence-corrected chi connectivity index (χ3v) is 3.91. The van der Waals surface area contributed by atoms with Gasteiger partial charge in [0.15, 0.2) is 5.60 Å². The maximum atomic E-state index is 11.9. The van der Waals surface area contributed by atoms with Gasteiger partial charge in [0.1, 0.15) is 6.04 Å². The van der Waals surface area contributed by atoms with E-state index in [0.717, 1.165) is 24.1 Å². The summed E-state index contributed by atoms with van der Waals surface area (Å²) in [7, 11) is 0. The number of carbonyl (C=O) groups is 1. The molecule has 0 N–H and O–H groups in total. The average molecular weight is 243 g/mol. The van der Waals surface area contributed by atoms with Crippen LogP contribution in [0.5, 0.6) is 0 Å². The monoisotopic (exact) mass is 243 g/mol. The van der Waals surface area contributed by atoms with Crippen LogP contribution in [0.25, 0.3) is 0 Å². The van der Waals surface area contributed by atoms with Gasteiger partial charge in [-0.3, -0.25) is 4.99 Å². The van der Waals surface area contributed by atoms with Crippen LogP contribution in [0.15, 0.2) is 29.3 Å². The highest BCUT2D eigenvalue weighted by atomic mass is 16.6. The summed E-state index contributed by atoms with van der Waals surface area (Å²) in [6.07, 6.45) is 2.46. The first-order chi connectivity index (χ1) is 8.64. The van der Waals surface area contributed by atoms with Crippen molar-refractivity contribution in [2.24, 2.45) is 4.99 Å². The zero-order chi connectivity index (χ0) is 12.8. The molecule has 94 valence electrons. The zero-order valence-corrected chi connectivity index (χ0v) is 10.8. The number of rotatable bonds is 1. The highest BCUT2D eigenvalue weighted by Crippen LogP contribution is 2.35. The number of fused-ring (bicyclic) bond motifs is 3. The normalized spacial score (nSPS) is 30.0. The van der Waals surface area contributed by atoms with E-state index < -0.39 is 5.60 Å². The molecule has 2 atom stereocenters. The quantitative estimate of drug-likeness (QED) is 0.711. The van der Waals surface area contributed by atoms with Crippen LogP contribution in [0.4, 0.5) is 0 Å². The molecule has 1 aliphatic carbocycles. The largest absolute Gasteiger partial charge is 0.451 e. The first-order valence-electron chi connectivity index (χ1n) is 6.53. The Balaban J connectivity index is 2.15. The lowest BCUT2D eigenvalue weighted by atomic mass is 9.78. The van der Waals surface area contributed by atoms with E-state index in [4.69, 9.17) is 4.74 Å². The molecule has 0 saturated carbocycles. The van der Waals surface area contributed by atoms with Crippen molar-refractivity contribution in [2.45, 2.75) is 44.8 Å². The fraction of sp³-hybridized carbons (Fsp3) is 0.467. The number of esters is 1. The second kappa shape index (κ2) is 3.94. The Morgan fingerprint density at radius 2 is 2.22 bits per heavy atom. The lowest BCUT2D eigenvalue weighted by Gasteiger charge is -2.40. The van der Waals surface area contributed by atoms with Crippen LogP contribution in [-0.2, 0) is 16.0 Å². The van der Waals surface area contributed by atoms with Gasteiger partial charge in [-0.05, 0) is 31.7 Å². The van der Waals surface area contributed by atoms with E-state index in [1.807, 2.05) is 26.0 Å². The van der Waals surface area contributed by atoms with Crippen LogP contribution in [0.1, 0.15) is 37.8 Å². The SMILES string of the molecule is CC[C@@H]1N=C2c3ccccc3CC[C@@]2(C)OC1=O. The topological polar surface area (TPSA) is 38.7 Å². The molecular formula is C15H17NO2. The highest BCUT2D eigenvalue weighted by Gasteiger charge is 2.44. The van der Waals surface area contributed by atoms with Crippen molar-refractivity contribution in [2.75, 3.05) is 0 Å². The van der Waals surface area contributed by atoms with E-state index in [1.54, 1.807) is 0 Å². The number of hydrogen-bond acceptors (Lipinski definition) is 3. The van der Waals surface area contributed by atoms with E-state index in [0.29, 0.717) is 6.42 Å². The second-order valence-electron chi connectivity index (χ2n) is 5.21. The molecule has 0 amide bonds. The molecule has 0 aromatic heterocycles. The van der Waals surface area contributed by atoms with Crippen LogP contribution in [-0.4, -0.2) is 23.3 Å². The Labute approximate surface area is 107 Å². The van der Waals surface area contributed by atoms with Gasteiger partial charge >= 0.3 is 5.97 Å². The lowest BCUT2D eigenvalue weighted by Crippen LogP contribution is -2.50. The van der Waals surface area contributed by atoms with E-state index in [9.17, 15) is 4.79 Å². The molecular weight excluding hydrogens is 226 g/mol. The van der Waals surface area contributed by atoms with Gasteiger partial charge in [-0.15, -0.1) is 0 Å². The van der Waals surface area contributed by atoms with Gasteiger partial charge in [-0.25, -0.2) is 4.79 Å². The van der Waals surface area contributed by atoms with Gasteiger partial charge in [-0.1, -0.05) is 31.2 Å². The molecule has 3 nitrogen and oxygen atoms in total. The van der Waals surface area contributed by atoms with Crippen molar-refractivity contribution in [3.05, 3.63) is 35.4 Å². The van der Waals surface area contributed by atoms with Crippen molar-refractivity contribution in [1.29, 1.82) is 0 Å². The summed E-state index contributed by atoms with van der Waals surface area (Å²) in [6.45, 7) is 3.94. The molecule has 1 aromatic carbocycles. The number of nitrogens with zero attached hydrogens (tertiary/aromatic N) is 1. The number of hydrogen-bond donors (Lipinski definition) is 0. The zero-order valence-electron chi connectivity index (χ0n) is 10.8. The molecule has 3 heteroatoms. The fourth-order valence-corrected chi connectivity index (χ4v) is 2.81. The third kappa shape index (κ3) is 1.57. The lowest BCUT2D eigenvalue weighted by molar-refractivity contribution is -0.156. The molecule has 1 aliphatic heterocycles. The Bertz CT molecular complexity index is 535. The number of benzene rings is 1. The summed E-state index contributed by atoms with van der Waals surface area (Å²) in [5, 5.41) is 0. The van der Waals surface area contributed by atoms with Gasteiger partial charge < -0.3 is 4.74 Å². The Kier molecular flexibility index (Phi) is 2.51. The summed E-state index contributed by atoms with van der Waals surface area (Å²) in [6, 6.07) is 7.95. The Morgan fingerprint density at radius 1 is 1.44 bits per heavy atom. The van der Waals surface area contributed by atoms with Crippen LogP contribution in [0.2, 0.25) is 0 Å². The van der Waals surface area contributed by atoms with Crippen molar-refractivity contribution >= 4 is 11.7 Å². The first-order valence-corrected chi connectivity index (χ1v) is 6.53. The van der Waals surface area contributed by atoms with Gasteiger partial charge in [0, 0.05) is 5.56 Å². The van der Waals surface area contributed by atoms with Crippen molar-refractivity contribution in [1.82, 2.24) is 0 Å². The minimum Gasteiger partial charge on any atom is -0.451 e. The third-order valence-electron chi connectivity index (χ3n) is 3.91. The van der Waals surface area contributed by atoms with Gasteiger partial charge in [0.25, 0.3) is 0 Å². The number of ether oxygens (including phenoxy) is 1. The molecule has 0 unspecified atom stereocenters. The Morgan fingerprint density at radius 3 is 3.00 bits per heavy atom. The van der Waals surface area contributed by atoms with E-state index in [2.05, 4.69) is 17.1 Å².